The molecule has 1 aromatic heterocycles. The number of likely N-dealkylation sites (N-methyl/N-ethyl adjacent to an activating group) is 1. The maximum Gasteiger partial charge on any atom is 0.289 e. The predicted octanol–water partition coefficient (Wildman–Crippen LogP) is 2.65. The number of H-pyrrole nitrogens is 1. The summed E-state index contributed by atoms with van der Waals surface area (Å²) in [5.74, 6) is 0.146. The van der Waals surface area contributed by atoms with E-state index in [0.717, 1.165) is 18.6 Å². The lowest BCUT2D eigenvalue weighted by molar-refractivity contribution is 0.0653. The van der Waals surface area contributed by atoms with Gasteiger partial charge in [-0.25, -0.2) is 4.98 Å². The highest BCUT2D eigenvalue weighted by molar-refractivity contribution is 7.80. The van der Waals surface area contributed by atoms with Crippen LogP contribution in [0.5, 0.6) is 5.75 Å². The number of nitrogens with one attached hydrogen (secondary N) is 3. The molecule has 2 aromatic carbocycles. The second-order valence-electron chi connectivity index (χ2n) is 8.70. The van der Waals surface area contributed by atoms with E-state index in [4.69, 9.17) is 22.7 Å². The number of para-hydroxylation sites is 1. The van der Waals surface area contributed by atoms with Crippen molar-refractivity contribution in [1.29, 1.82) is 0 Å². The minimum Gasteiger partial charge on any atom is -0.489 e. The molecule has 1 aliphatic rings. The lowest BCUT2D eigenvalue weighted by Gasteiger charge is -2.31. The van der Waals surface area contributed by atoms with Crippen molar-refractivity contribution in [2.24, 2.45) is 5.73 Å². The van der Waals surface area contributed by atoms with Crippen LogP contribution < -0.4 is 21.1 Å². The number of piperazine rings is 1. The van der Waals surface area contributed by atoms with Gasteiger partial charge >= 0.3 is 0 Å². The molecule has 0 bridgehead atoms. The van der Waals surface area contributed by atoms with Crippen molar-refractivity contribution in [3.63, 3.8) is 0 Å². The number of hydrogen-bond donors (Lipinski definition) is 4. The fourth-order valence-corrected chi connectivity index (χ4v) is 4.03. The molecular formula is C24H29N7O3S. The van der Waals surface area contributed by atoms with E-state index in [-0.39, 0.29) is 17.1 Å². The zero-order valence-electron chi connectivity index (χ0n) is 19.9. The molecule has 184 valence electrons. The number of carbonyl (C=O) groups is 2. The number of nitrogens with zero attached hydrogens (tertiary/aromatic N) is 3. The molecule has 0 aliphatic carbocycles. The first-order valence-electron chi connectivity index (χ1n) is 11.4. The molecule has 1 saturated heterocycles. The third-order valence-electron chi connectivity index (χ3n) is 5.63. The molecule has 0 spiro atoms. The summed E-state index contributed by atoms with van der Waals surface area (Å²) in [6.45, 7) is 6.80. The first-order chi connectivity index (χ1) is 16.7. The number of nitrogens with two attached hydrogens (primary N) is 1. The number of aromatic nitrogens is 2. The molecule has 5 N–H and O–H groups in total. The predicted molar refractivity (Wildman–Crippen MR) is 140 cm³/mol. The number of hydrogen-bond acceptors (Lipinski definition) is 6. The zero-order chi connectivity index (χ0) is 25.1. The van der Waals surface area contributed by atoms with Crippen molar-refractivity contribution in [2.45, 2.75) is 20.0 Å². The van der Waals surface area contributed by atoms with Crippen LogP contribution >= 0.6 is 12.2 Å². The number of ether oxygens (including phenoxy) is 1. The van der Waals surface area contributed by atoms with Crippen LogP contribution in [0.25, 0.3) is 11.0 Å². The number of amides is 2. The molecule has 11 heteroatoms. The molecule has 4 rings (SSSR count). The highest BCUT2D eigenvalue weighted by atomic mass is 32.1. The first-order valence-corrected chi connectivity index (χ1v) is 11.8. The molecule has 10 nitrogen and oxygen atoms in total. The van der Waals surface area contributed by atoms with E-state index in [9.17, 15) is 9.59 Å². The lowest BCUT2D eigenvalue weighted by Crippen LogP contribution is -2.47. The number of benzene rings is 2. The number of anilines is 2. The summed E-state index contributed by atoms with van der Waals surface area (Å²) in [4.78, 5) is 36.3. The third kappa shape index (κ3) is 5.69. The molecule has 0 atom stereocenters. The first kappa shape index (κ1) is 24.4. The van der Waals surface area contributed by atoms with Gasteiger partial charge in [-0.05, 0) is 63.4 Å². The average molecular weight is 496 g/mol. The van der Waals surface area contributed by atoms with E-state index in [1.807, 2.05) is 39.1 Å². The van der Waals surface area contributed by atoms with Crippen molar-refractivity contribution in [2.75, 3.05) is 43.9 Å². The molecular weight excluding hydrogens is 466 g/mol. The molecule has 35 heavy (non-hydrogen) atoms. The number of thiocarbonyl (C=S) groups is 1. The van der Waals surface area contributed by atoms with Gasteiger partial charge in [0.2, 0.25) is 5.91 Å². The Labute approximate surface area is 208 Å². The largest absolute Gasteiger partial charge is 0.489 e. The van der Waals surface area contributed by atoms with Crippen molar-refractivity contribution >= 4 is 51.6 Å². The van der Waals surface area contributed by atoms with Gasteiger partial charge in [-0.3, -0.25) is 9.59 Å². The maximum absolute atomic E-state index is 13.0. The van der Waals surface area contributed by atoms with Gasteiger partial charge in [0.05, 0.1) is 23.0 Å². The number of aromatic amines is 1. The minimum absolute atomic E-state index is 0.0782. The Bertz CT molecular complexity index is 1270. The molecule has 2 heterocycles. The van der Waals surface area contributed by atoms with Gasteiger partial charge in [0.15, 0.2) is 10.9 Å². The molecule has 3 aromatic rings. The lowest BCUT2D eigenvalue weighted by atomic mass is 10.1. The van der Waals surface area contributed by atoms with Crippen molar-refractivity contribution < 1.29 is 14.3 Å². The van der Waals surface area contributed by atoms with Gasteiger partial charge in [-0.1, -0.05) is 6.07 Å². The SMILES string of the molecule is CC(C)Oc1ccc(C(N)=O)cc1NC(=S)Nc1cccc2[nH]c(C(=O)N3CCN(C)CC3)nc12. The molecule has 0 saturated carbocycles. The summed E-state index contributed by atoms with van der Waals surface area (Å²) < 4.78 is 5.83. The Morgan fingerprint density at radius 1 is 1.11 bits per heavy atom. The van der Waals surface area contributed by atoms with Crippen LogP contribution in [0, 0.1) is 0 Å². The Kier molecular flexibility index (Phi) is 7.17. The van der Waals surface area contributed by atoms with Crippen LogP contribution in [0.15, 0.2) is 36.4 Å². The summed E-state index contributed by atoms with van der Waals surface area (Å²) in [5.41, 5.74) is 8.21. The van der Waals surface area contributed by atoms with Gasteiger partial charge in [-0.2, -0.15) is 0 Å². The Morgan fingerprint density at radius 3 is 2.51 bits per heavy atom. The Morgan fingerprint density at radius 2 is 1.83 bits per heavy atom. The van der Waals surface area contributed by atoms with Gasteiger partial charge in [-0.15, -0.1) is 0 Å². The van der Waals surface area contributed by atoms with Crippen molar-refractivity contribution in [3.8, 4) is 5.75 Å². The van der Waals surface area contributed by atoms with Crippen LogP contribution in [0.2, 0.25) is 0 Å². The van der Waals surface area contributed by atoms with E-state index in [1.54, 1.807) is 23.1 Å². The fourth-order valence-electron chi connectivity index (χ4n) is 3.81. The summed E-state index contributed by atoms with van der Waals surface area (Å²) in [7, 11) is 2.04. The zero-order valence-corrected chi connectivity index (χ0v) is 20.7. The van der Waals surface area contributed by atoms with Crippen molar-refractivity contribution in [1.82, 2.24) is 19.8 Å². The van der Waals surface area contributed by atoms with E-state index in [0.29, 0.717) is 47.1 Å². The molecule has 0 unspecified atom stereocenters. The summed E-state index contributed by atoms with van der Waals surface area (Å²) in [5, 5.41) is 6.48. The van der Waals surface area contributed by atoms with E-state index in [2.05, 4.69) is 25.5 Å². The van der Waals surface area contributed by atoms with Crippen LogP contribution in [-0.2, 0) is 0 Å². The van der Waals surface area contributed by atoms with Crippen molar-refractivity contribution in [3.05, 3.63) is 47.8 Å². The van der Waals surface area contributed by atoms with Gasteiger partial charge in [0, 0.05) is 31.7 Å². The second-order valence-corrected chi connectivity index (χ2v) is 9.11. The Hall–Kier alpha value is -3.70. The van der Waals surface area contributed by atoms with E-state index in [1.165, 1.54) is 0 Å². The topological polar surface area (TPSA) is 129 Å². The van der Waals surface area contributed by atoms with Gasteiger partial charge in [0.1, 0.15) is 11.3 Å². The summed E-state index contributed by atoms with van der Waals surface area (Å²) >= 11 is 5.52. The van der Waals surface area contributed by atoms with Gasteiger partial charge < -0.3 is 35.9 Å². The van der Waals surface area contributed by atoms with Crippen LogP contribution in [0.3, 0.4) is 0 Å². The molecule has 1 fully saturated rings. The number of rotatable bonds is 6. The van der Waals surface area contributed by atoms with E-state index < -0.39 is 5.91 Å². The summed E-state index contributed by atoms with van der Waals surface area (Å²) in [6.07, 6.45) is -0.0782. The number of carbonyl (C=O) groups excluding carboxylic acids is 2. The van der Waals surface area contributed by atoms with Crippen LogP contribution in [-0.4, -0.2) is 76.0 Å². The Balaban J connectivity index is 1.54. The summed E-state index contributed by atoms with van der Waals surface area (Å²) in [6, 6.07) is 10.4. The fraction of sp³-hybridized carbons (Fsp3) is 0.333. The average Bonchev–Trinajstić information content (AvgIpc) is 3.25. The molecule has 0 radical (unpaired) electrons. The minimum atomic E-state index is -0.554. The van der Waals surface area contributed by atoms with Gasteiger partial charge in [0.25, 0.3) is 5.91 Å². The van der Waals surface area contributed by atoms with Crippen LogP contribution in [0.1, 0.15) is 34.8 Å². The number of fused-ring (bicyclic) bond motifs is 1. The number of imidazole rings is 1. The quantitative estimate of drug-likeness (QED) is 0.384. The normalized spacial score (nSPS) is 14.2. The molecule has 2 amide bonds. The third-order valence-corrected chi connectivity index (χ3v) is 5.83. The highest BCUT2D eigenvalue weighted by Gasteiger charge is 2.23. The maximum atomic E-state index is 13.0. The second kappa shape index (κ2) is 10.3. The number of primary amides is 1. The molecule has 1 aliphatic heterocycles. The monoisotopic (exact) mass is 495 g/mol. The smallest absolute Gasteiger partial charge is 0.289 e. The standard InChI is InChI=1S/C24H29N7O3S/c1-14(2)34-19-8-7-15(21(25)32)13-18(19)28-24(35)27-17-6-4-5-16-20(17)29-22(26-16)23(33)31-11-9-30(3)10-12-31/h4-8,13-14H,9-12H2,1-3H3,(H2,25,32)(H,26,29)(H2,27,28,35). The van der Waals surface area contributed by atoms with Crippen LogP contribution in [0.4, 0.5) is 11.4 Å². The highest BCUT2D eigenvalue weighted by Crippen LogP contribution is 2.28. The van der Waals surface area contributed by atoms with E-state index >= 15 is 0 Å².